The summed E-state index contributed by atoms with van der Waals surface area (Å²) in [7, 11) is 0. The molecule has 0 radical (unpaired) electrons. The number of carbonyl (C=O) groups is 3. The van der Waals surface area contributed by atoms with Crippen LogP contribution in [0.2, 0.25) is 0 Å². The summed E-state index contributed by atoms with van der Waals surface area (Å²) in [5.41, 5.74) is -2.06. The number of aliphatic hydroxyl groups is 1. The Balaban J connectivity index is 1.75. The van der Waals surface area contributed by atoms with E-state index in [2.05, 4.69) is 30.3 Å². The Bertz CT molecular complexity index is 1730. The second-order valence-corrected chi connectivity index (χ2v) is 10.6. The molecule has 206 valence electrons. The van der Waals surface area contributed by atoms with Crippen LogP contribution in [-0.4, -0.2) is 52.2 Å². The highest BCUT2D eigenvalue weighted by molar-refractivity contribution is 6.32. The van der Waals surface area contributed by atoms with Crippen molar-refractivity contribution in [2.45, 2.75) is 50.5 Å². The maximum atomic E-state index is 14.3. The number of carbonyl (C=O) groups excluding carboxylic acids is 3. The monoisotopic (exact) mass is 549 g/mol. The first-order valence-electron chi connectivity index (χ1n) is 13.4. The molecule has 0 unspecified atom stereocenters. The van der Waals surface area contributed by atoms with Crippen molar-refractivity contribution in [3.63, 3.8) is 0 Å². The van der Waals surface area contributed by atoms with Gasteiger partial charge in [-0.25, -0.2) is 4.79 Å². The minimum Gasteiger partial charge on any atom is -0.507 e. The van der Waals surface area contributed by atoms with Crippen molar-refractivity contribution in [1.82, 2.24) is 0 Å². The van der Waals surface area contributed by atoms with E-state index in [9.17, 15) is 24.6 Å². The minimum absolute atomic E-state index is 0.00348. The van der Waals surface area contributed by atoms with Gasteiger partial charge < -0.3 is 19.7 Å². The molecule has 2 aliphatic heterocycles. The van der Waals surface area contributed by atoms with Crippen LogP contribution in [0.25, 0.3) is 0 Å². The number of ether oxygens (including phenoxy) is 2. The quantitative estimate of drug-likeness (QED) is 0.289. The number of ketones is 2. The third-order valence-electron chi connectivity index (χ3n) is 8.36. The molecule has 8 nitrogen and oxygen atoms in total. The lowest BCUT2D eigenvalue weighted by molar-refractivity contribution is 0.0974. The fourth-order valence-corrected chi connectivity index (χ4v) is 6.63. The standard InChI is InChI=1S/C33H27NO7/c1-5-16-40-31(39)34-23-14-9-7-8-10-15-24(36)33(32(23,41-33)18(3)4)21-17-22(35)26-27(28(21)34)29(37)20-13-11-12-19(6-2)25(20)30(26)38/h5,7-8,11-13,17-18,23-24,35-36H,1,6,16H2,2-4H3/b8-7-/t23-,24-,32-,33-/m0/s1. The van der Waals surface area contributed by atoms with Crippen molar-refractivity contribution in [2.24, 2.45) is 5.92 Å². The zero-order chi connectivity index (χ0) is 29.3. The van der Waals surface area contributed by atoms with Crippen LogP contribution in [0.4, 0.5) is 10.5 Å². The highest BCUT2D eigenvalue weighted by Gasteiger charge is 2.83. The summed E-state index contributed by atoms with van der Waals surface area (Å²) in [4.78, 5) is 43.4. The first kappa shape index (κ1) is 26.6. The van der Waals surface area contributed by atoms with E-state index in [1.807, 2.05) is 20.8 Å². The van der Waals surface area contributed by atoms with Gasteiger partial charge in [-0.2, -0.15) is 0 Å². The smallest absolute Gasteiger partial charge is 0.415 e. The Morgan fingerprint density at radius 3 is 2.59 bits per heavy atom. The number of aliphatic hydroxyl groups excluding tert-OH is 1. The number of hydrogen-bond acceptors (Lipinski definition) is 7. The molecule has 2 aliphatic carbocycles. The van der Waals surface area contributed by atoms with Crippen LogP contribution in [0.5, 0.6) is 5.75 Å². The van der Waals surface area contributed by atoms with Gasteiger partial charge >= 0.3 is 6.09 Å². The zero-order valence-electron chi connectivity index (χ0n) is 22.8. The summed E-state index contributed by atoms with van der Waals surface area (Å²) >= 11 is 0. The van der Waals surface area contributed by atoms with Gasteiger partial charge in [0.25, 0.3) is 0 Å². The first-order chi connectivity index (χ1) is 19.7. The molecule has 1 fully saturated rings. The Hall–Kier alpha value is -4.63. The summed E-state index contributed by atoms with van der Waals surface area (Å²) in [6.45, 7) is 9.09. The van der Waals surface area contributed by atoms with E-state index in [-0.39, 0.29) is 46.0 Å². The number of fused-ring (bicyclic) bond motifs is 4. The number of epoxide rings is 1. The average molecular weight is 550 g/mol. The molecule has 41 heavy (non-hydrogen) atoms. The molecule has 2 heterocycles. The summed E-state index contributed by atoms with van der Waals surface area (Å²) in [5.74, 6) is 9.66. The van der Waals surface area contributed by atoms with Crippen LogP contribution in [0.3, 0.4) is 0 Å². The van der Waals surface area contributed by atoms with E-state index in [1.54, 1.807) is 18.2 Å². The molecule has 0 spiro atoms. The van der Waals surface area contributed by atoms with E-state index in [0.717, 1.165) is 0 Å². The number of nitrogens with zero attached hydrogens (tertiary/aromatic N) is 1. The second-order valence-electron chi connectivity index (χ2n) is 10.6. The zero-order valence-corrected chi connectivity index (χ0v) is 22.8. The Morgan fingerprint density at radius 1 is 1.17 bits per heavy atom. The lowest BCUT2D eigenvalue weighted by atomic mass is 9.66. The highest BCUT2D eigenvalue weighted by Crippen LogP contribution is 2.70. The summed E-state index contributed by atoms with van der Waals surface area (Å²) < 4.78 is 12.0. The van der Waals surface area contributed by atoms with Crippen molar-refractivity contribution in [1.29, 1.82) is 0 Å². The summed E-state index contributed by atoms with van der Waals surface area (Å²) in [6.07, 6.45) is 2.60. The number of anilines is 1. The van der Waals surface area contributed by atoms with Gasteiger partial charge in [0.2, 0.25) is 0 Å². The van der Waals surface area contributed by atoms with Crippen molar-refractivity contribution >= 4 is 23.3 Å². The number of phenolic OH excluding ortho intramolecular Hbond substituents is 1. The van der Waals surface area contributed by atoms with Crippen LogP contribution in [0, 0.1) is 29.6 Å². The number of benzene rings is 2. The highest BCUT2D eigenvalue weighted by atomic mass is 16.6. The Labute approximate surface area is 237 Å². The Morgan fingerprint density at radius 2 is 1.90 bits per heavy atom. The maximum Gasteiger partial charge on any atom is 0.415 e. The molecule has 8 heteroatoms. The molecule has 0 saturated carbocycles. The lowest BCUT2D eigenvalue weighted by Gasteiger charge is -2.43. The van der Waals surface area contributed by atoms with Crippen molar-refractivity contribution in [3.8, 4) is 29.4 Å². The number of rotatable bonds is 4. The van der Waals surface area contributed by atoms with E-state index >= 15 is 0 Å². The van der Waals surface area contributed by atoms with Crippen LogP contribution in [-0.2, 0) is 21.5 Å². The van der Waals surface area contributed by atoms with Crippen LogP contribution < -0.4 is 4.90 Å². The van der Waals surface area contributed by atoms with Gasteiger partial charge in [0.15, 0.2) is 23.3 Å². The van der Waals surface area contributed by atoms with Gasteiger partial charge in [0.05, 0.1) is 16.8 Å². The molecule has 1 amide bonds. The Kier molecular flexibility index (Phi) is 5.97. The van der Waals surface area contributed by atoms with Gasteiger partial charge in [-0.3, -0.25) is 14.5 Å². The van der Waals surface area contributed by atoms with E-state index < -0.39 is 46.8 Å². The lowest BCUT2D eigenvalue weighted by Crippen LogP contribution is -2.59. The van der Waals surface area contributed by atoms with E-state index in [0.29, 0.717) is 12.0 Å². The molecular formula is C33H27NO7. The normalized spacial score (nSPS) is 27.1. The number of amides is 1. The third kappa shape index (κ3) is 3.29. The first-order valence-corrected chi connectivity index (χ1v) is 13.4. The predicted molar refractivity (Wildman–Crippen MR) is 150 cm³/mol. The third-order valence-corrected chi connectivity index (χ3v) is 8.36. The number of allylic oxidation sites excluding steroid dienone is 2. The van der Waals surface area contributed by atoms with Gasteiger partial charge in [-0.05, 0) is 36.1 Å². The minimum atomic E-state index is -1.56. The molecule has 6 rings (SSSR count). The second kappa shape index (κ2) is 9.21. The molecule has 1 saturated heterocycles. The van der Waals surface area contributed by atoms with Gasteiger partial charge in [-0.15, -0.1) is 0 Å². The van der Waals surface area contributed by atoms with Crippen LogP contribution >= 0.6 is 0 Å². The predicted octanol–water partition coefficient (Wildman–Crippen LogP) is 3.80. The summed E-state index contributed by atoms with van der Waals surface area (Å²) in [6, 6.07) is 5.26. The topological polar surface area (TPSA) is 117 Å². The molecule has 2 aromatic rings. The fourth-order valence-electron chi connectivity index (χ4n) is 6.63. The average Bonchev–Trinajstić information content (AvgIpc) is 3.69. The van der Waals surface area contributed by atoms with Crippen molar-refractivity contribution < 1.29 is 34.1 Å². The number of aromatic hydroxyl groups is 1. The van der Waals surface area contributed by atoms with E-state index in [4.69, 9.17) is 9.47 Å². The molecule has 2 aromatic carbocycles. The molecule has 2 bridgehead atoms. The number of phenols is 1. The molecule has 0 aromatic heterocycles. The number of hydrogen-bond donors (Lipinski definition) is 2. The SMILES string of the molecule is C=CCOC(=O)N1c2c(cc(O)c3c2C(=O)c2cccc(CC)c2C3=O)[C@@]23O[C@@]2(C(C)C)[C@@H]1C#C/C=C\C#C[C@@H]3O. The van der Waals surface area contributed by atoms with Gasteiger partial charge in [0, 0.05) is 16.7 Å². The maximum absolute atomic E-state index is 14.3. The largest absolute Gasteiger partial charge is 0.507 e. The van der Waals surface area contributed by atoms with Gasteiger partial charge in [-0.1, -0.05) is 75.3 Å². The van der Waals surface area contributed by atoms with Crippen LogP contribution in [0.15, 0.2) is 49.1 Å². The van der Waals surface area contributed by atoms with Crippen molar-refractivity contribution in [3.05, 3.63) is 82.5 Å². The molecule has 2 N–H and O–H groups in total. The van der Waals surface area contributed by atoms with Crippen molar-refractivity contribution in [2.75, 3.05) is 11.5 Å². The fraction of sp³-hybridized carbons (Fsp3) is 0.303. The number of aryl methyl sites for hydroxylation is 1. The molecule has 4 aliphatic rings. The molecule has 4 atom stereocenters. The van der Waals surface area contributed by atoms with Crippen LogP contribution in [0.1, 0.15) is 63.7 Å². The summed E-state index contributed by atoms with van der Waals surface area (Å²) in [5, 5.41) is 22.9. The van der Waals surface area contributed by atoms with Gasteiger partial charge in [0.1, 0.15) is 24.0 Å². The van der Waals surface area contributed by atoms with E-state index in [1.165, 1.54) is 29.2 Å². The molecular weight excluding hydrogens is 522 g/mol.